The number of rotatable bonds is 4. The summed E-state index contributed by atoms with van der Waals surface area (Å²) >= 11 is 6.43. The first-order valence-corrected chi connectivity index (χ1v) is 7.38. The van der Waals surface area contributed by atoms with Crippen molar-refractivity contribution in [2.24, 2.45) is 5.73 Å². The molecule has 1 aliphatic heterocycles. The molecule has 2 atom stereocenters. The Hall–Kier alpha value is -0.770. The van der Waals surface area contributed by atoms with Gasteiger partial charge in [-0.3, -0.25) is 0 Å². The highest BCUT2D eigenvalue weighted by atomic mass is 35.5. The van der Waals surface area contributed by atoms with Crippen molar-refractivity contribution in [3.8, 4) is 0 Å². The average molecular weight is 283 g/mol. The molecule has 2 unspecified atom stereocenters. The topological polar surface area (TPSA) is 38.5 Å². The zero-order chi connectivity index (χ0) is 13.8. The van der Waals surface area contributed by atoms with Gasteiger partial charge in [0.05, 0.1) is 23.9 Å². The van der Waals surface area contributed by atoms with E-state index in [1.165, 1.54) is 5.56 Å². The second-order valence-corrected chi connectivity index (χ2v) is 5.64. The molecule has 4 heteroatoms. The molecular formula is C15H23ClN2O. The molecule has 0 amide bonds. The normalized spacial score (nSPS) is 21.5. The van der Waals surface area contributed by atoms with Crippen LogP contribution in [0.25, 0.3) is 0 Å². The van der Waals surface area contributed by atoms with Crippen LogP contribution < -0.4 is 10.6 Å². The van der Waals surface area contributed by atoms with Gasteiger partial charge >= 0.3 is 0 Å². The third-order valence-corrected chi connectivity index (χ3v) is 4.04. The maximum Gasteiger partial charge on any atom is 0.0668 e. The Kier molecular flexibility index (Phi) is 5.08. The van der Waals surface area contributed by atoms with Crippen molar-refractivity contribution in [3.63, 3.8) is 0 Å². The molecule has 0 aliphatic carbocycles. The lowest BCUT2D eigenvalue weighted by Crippen LogP contribution is -2.44. The van der Waals surface area contributed by atoms with E-state index in [-0.39, 0.29) is 6.04 Å². The molecule has 0 bridgehead atoms. The molecule has 1 fully saturated rings. The van der Waals surface area contributed by atoms with Gasteiger partial charge < -0.3 is 15.4 Å². The van der Waals surface area contributed by atoms with Crippen LogP contribution in [0.3, 0.4) is 0 Å². The van der Waals surface area contributed by atoms with Crippen LogP contribution in [-0.4, -0.2) is 31.8 Å². The third-order valence-electron chi connectivity index (χ3n) is 3.73. The highest BCUT2D eigenvalue weighted by molar-refractivity contribution is 6.33. The maximum absolute atomic E-state index is 6.43. The van der Waals surface area contributed by atoms with Crippen molar-refractivity contribution in [3.05, 3.63) is 28.8 Å². The van der Waals surface area contributed by atoms with E-state index in [9.17, 15) is 0 Å². The lowest BCUT2D eigenvalue weighted by Gasteiger charge is -2.37. The predicted octanol–water partition coefficient (Wildman–Crippen LogP) is 2.84. The van der Waals surface area contributed by atoms with Gasteiger partial charge in [-0.05, 0) is 31.4 Å². The molecule has 1 aromatic carbocycles. The molecule has 1 aliphatic rings. The van der Waals surface area contributed by atoms with Crippen LogP contribution in [0.4, 0.5) is 5.69 Å². The first-order chi connectivity index (χ1) is 9.13. The van der Waals surface area contributed by atoms with Gasteiger partial charge in [-0.25, -0.2) is 0 Å². The van der Waals surface area contributed by atoms with Gasteiger partial charge in [-0.2, -0.15) is 0 Å². The average Bonchev–Trinajstić information content (AvgIpc) is 2.40. The molecule has 0 radical (unpaired) electrons. The van der Waals surface area contributed by atoms with Crippen molar-refractivity contribution in [1.82, 2.24) is 0 Å². The molecule has 2 rings (SSSR count). The summed E-state index contributed by atoms with van der Waals surface area (Å²) < 4.78 is 5.51. The largest absolute Gasteiger partial charge is 0.377 e. The lowest BCUT2D eigenvalue weighted by molar-refractivity contribution is 0.0988. The number of morpholine rings is 1. The zero-order valence-electron chi connectivity index (χ0n) is 11.7. The van der Waals surface area contributed by atoms with E-state index in [4.69, 9.17) is 22.1 Å². The molecule has 1 saturated heterocycles. The Morgan fingerprint density at radius 2 is 2.32 bits per heavy atom. The molecule has 1 heterocycles. The molecule has 19 heavy (non-hydrogen) atoms. The highest BCUT2D eigenvalue weighted by Gasteiger charge is 2.23. The Labute approximate surface area is 120 Å². The van der Waals surface area contributed by atoms with E-state index in [1.54, 1.807) is 0 Å². The smallest absolute Gasteiger partial charge is 0.0668 e. The minimum absolute atomic E-state index is 0.188. The van der Waals surface area contributed by atoms with Gasteiger partial charge in [0, 0.05) is 18.6 Å². The van der Waals surface area contributed by atoms with Crippen molar-refractivity contribution >= 4 is 17.3 Å². The summed E-state index contributed by atoms with van der Waals surface area (Å²) in [6.07, 6.45) is 1.85. The van der Waals surface area contributed by atoms with Crippen LogP contribution in [-0.2, 0) is 11.2 Å². The van der Waals surface area contributed by atoms with E-state index in [1.807, 2.05) is 12.1 Å². The van der Waals surface area contributed by atoms with Gasteiger partial charge in [-0.15, -0.1) is 0 Å². The van der Waals surface area contributed by atoms with E-state index < -0.39 is 0 Å². The van der Waals surface area contributed by atoms with Crippen molar-refractivity contribution in [2.75, 3.05) is 24.7 Å². The van der Waals surface area contributed by atoms with Crippen LogP contribution in [0.5, 0.6) is 0 Å². The fourth-order valence-corrected chi connectivity index (χ4v) is 2.84. The molecule has 106 valence electrons. The second kappa shape index (κ2) is 6.60. The lowest BCUT2D eigenvalue weighted by atomic mass is 10.0. The number of benzene rings is 1. The van der Waals surface area contributed by atoms with E-state index in [2.05, 4.69) is 24.8 Å². The Bertz CT molecular complexity index is 425. The minimum atomic E-state index is 0.188. The fraction of sp³-hybridized carbons (Fsp3) is 0.600. The van der Waals surface area contributed by atoms with Gasteiger partial charge in [0.1, 0.15) is 0 Å². The van der Waals surface area contributed by atoms with Crippen molar-refractivity contribution < 1.29 is 4.74 Å². The summed E-state index contributed by atoms with van der Waals surface area (Å²) in [7, 11) is 0. The summed E-state index contributed by atoms with van der Waals surface area (Å²) in [6.45, 7) is 6.69. The number of nitrogens with two attached hydrogens (primary N) is 1. The second-order valence-electron chi connectivity index (χ2n) is 5.24. The highest BCUT2D eigenvalue weighted by Crippen LogP contribution is 2.33. The molecular weight excluding hydrogens is 260 g/mol. The summed E-state index contributed by atoms with van der Waals surface area (Å²) in [6, 6.07) is 6.65. The summed E-state index contributed by atoms with van der Waals surface area (Å²) in [4.78, 5) is 2.35. The number of anilines is 1. The number of hydrogen-bond donors (Lipinski definition) is 1. The standard InChI is InChI=1S/C15H23ClN2O/c1-3-13(17)9-12-5-4-6-14(16)15(12)18-7-8-19-10-11(18)2/h4-6,11,13H,3,7-10,17H2,1-2H3. The Balaban J connectivity index is 2.31. The first-order valence-electron chi connectivity index (χ1n) is 7.00. The monoisotopic (exact) mass is 282 g/mol. The summed E-state index contributed by atoms with van der Waals surface area (Å²) in [5, 5.41) is 0.814. The molecule has 0 aromatic heterocycles. The number of halogens is 1. The van der Waals surface area contributed by atoms with Crippen molar-refractivity contribution in [1.29, 1.82) is 0 Å². The summed E-state index contributed by atoms with van der Waals surface area (Å²) in [5.74, 6) is 0. The molecule has 0 spiro atoms. The SMILES string of the molecule is CCC(N)Cc1cccc(Cl)c1N1CCOCC1C. The molecule has 3 nitrogen and oxygen atoms in total. The van der Waals surface area contributed by atoms with Gasteiger partial charge in [0.15, 0.2) is 0 Å². The molecule has 1 aromatic rings. The Morgan fingerprint density at radius 3 is 3.00 bits per heavy atom. The fourth-order valence-electron chi connectivity index (χ4n) is 2.53. The van der Waals surface area contributed by atoms with E-state index in [0.29, 0.717) is 6.04 Å². The van der Waals surface area contributed by atoms with Gasteiger partial charge in [0.25, 0.3) is 0 Å². The maximum atomic E-state index is 6.43. The van der Waals surface area contributed by atoms with Crippen LogP contribution >= 0.6 is 11.6 Å². The van der Waals surface area contributed by atoms with Crippen molar-refractivity contribution in [2.45, 2.75) is 38.8 Å². The number of para-hydroxylation sites is 1. The van der Waals surface area contributed by atoms with Crippen LogP contribution in [0.1, 0.15) is 25.8 Å². The van der Waals surface area contributed by atoms with Gasteiger partial charge in [0.2, 0.25) is 0 Å². The predicted molar refractivity (Wildman–Crippen MR) is 81.0 cm³/mol. The van der Waals surface area contributed by atoms with E-state index in [0.717, 1.165) is 43.3 Å². The number of hydrogen-bond acceptors (Lipinski definition) is 3. The first kappa shape index (κ1) is 14.6. The zero-order valence-corrected chi connectivity index (χ0v) is 12.5. The van der Waals surface area contributed by atoms with Gasteiger partial charge in [-0.1, -0.05) is 30.7 Å². The quantitative estimate of drug-likeness (QED) is 0.923. The Morgan fingerprint density at radius 1 is 1.53 bits per heavy atom. The number of nitrogens with zero attached hydrogens (tertiary/aromatic N) is 1. The third kappa shape index (κ3) is 3.41. The van der Waals surface area contributed by atoms with Crippen LogP contribution in [0.2, 0.25) is 5.02 Å². The minimum Gasteiger partial charge on any atom is -0.377 e. The molecule has 0 saturated carbocycles. The van der Waals surface area contributed by atoms with E-state index >= 15 is 0 Å². The van der Waals surface area contributed by atoms with Crippen LogP contribution in [0.15, 0.2) is 18.2 Å². The molecule has 2 N–H and O–H groups in total. The summed E-state index contributed by atoms with van der Waals surface area (Å²) in [5.41, 5.74) is 8.49. The number of ether oxygens (including phenoxy) is 1. The van der Waals surface area contributed by atoms with Crippen LogP contribution in [0, 0.1) is 0 Å².